The van der Waals surface area contributed by atoms with Crippen LogP contribution in [0.1, 0.15) is 61.0 Å². The molecule has 0 saturated heterocycles. The van der Waals surface area contributed by atoms with E-state index in [1.54, 1.807) is 0 Å². The third-order valence-electron chi connectivity index (χ3n) is 6.19. The van der Waals surface area contributed by atoms with Crippen molar-refractivity contribution in [2.45, 2.75) is 58.4 Å². The van der Waals surface area contributed by atoms with Gasteiger partial charge >= 0.3 is 0 Å². The molecule has 0 bridgehead atoms. The van der Waals surface area contributed by atoms with E-state index in [9.17, 15) is 9.18 Å². The van der Waals surface area contributed by atoms with E-state index < -0.39 is 6.17 Å². The molecule has 1 amide bonds. The first-order chi connectivity index (χ1) is 16.1. The summed E-state index contributed by atoms with van der Waals surface area (Å²) in [4.78, 5) is 14.0. The van der Waals surface area contributed by atoms with Crippen LogP contribution in [0.3, 0.4) is 0 Å². The Morgan fingerprint density at radius 3 is 2.67 bits per heavy atom. The molecular weight excluding hydrogens is 419 g/mol. The predicted molar refractivity (Wildman–Crippen MR) is 127 cm³/mol. The lowest BCUT2D eigenvalue weighted by atomic mass is 9.97. The van der Waals surface area contributed by atoms with Crippen molar-refractivity contribution in [1.82, 2.24) is 10.2 Å². The average Bonchev–Trinajstić information content (AvgIpc) is 3.65. The van der Waals surface area contributed by atoms with Crippen molar-refractivity contribution < 1.29 is 18.7 Å². The molecule has 0 spiro atoms. The predicted octanol–water partition coefficient (Wildman–Crippen LogP) is 4.93. The first kappa shape index (κ1) is 23.7. The van der Waals surface area contributed by atoms with E-state index in [1.807, 2.05) is 37.3 Å². The van der Waals surface area contributed by atoms with Crippen molar-refractivity contribution in [3.05, 3.63) is 64.7 Å². The standard InChI is InChI=1S/C27H35FN2O3/c1-2-12-32-13-11-27(31)29-15-20-3-5-21(6-4-20)16-30-17-23-9-10-24(33-19-22-7-8-22)14-25(23)26(28)18-30/h3-6,9-10,14,22,26H,2,7-8,11-13,15-19H2,1H3,(H,29,31). The number of fused-ring (bicyclic) bond motifs is 1. The van der Waals surface area contributed by atoms with Gasteiger partial charge in [0, 0.05) is 39.2 Å². The number of nitrogens with zero attached hydrogens (tertiary/aromatic N) is 1. The molecule has 1 unspecified atom stereocenters. The largest absolute Gasteiger partial charge is 0.493 e. The molecule has 6 heteroatoms. The second-order valence-electron chi connectivity index (χ2n) is 9.21. The quantitative estimate of drug-likeness (QED) is 0.462. The fourth-order valence-corrected chi connectivity index (χ4v) is 4.07. The van der Waals surface area contributed by atoms with Crippen LogP contribution in [-0.2, 0) is 29.2 Å². The van der Waals surface area contributed by atoms with E-state index in [4.69, 9.17) is 9.47 Å². The second kappa shape index (κ2) is 11.6. The normalized spacial score (nSPS) is 18.1. The lowest BCUT2D eigenvalue weighted by Gasteiger charge is -2.31. The molecule has 178 valence electrons. The van der Waals surface area contributed by atoms with Gasteiger partial charge in [0.15, 0.2) is 0 Å². The van der Waals surface area contributed by atoms with Gasteiger partial charge in [-0.3, -0.25) is 9.69 Å². The summed E-state index contributed by atoms with van der Waals surface area (Å²) in [6, 6.07) is 14.0. The number of hydrogen-bond acceptors (Lipinski definition) is 4. The first-order valence-corrected chi connectivity index (χ1v) is 12.1. The van der Waals surface area contributed by atoms with Gasteiger partial charge in [0.1, 0.15) is 11.9 Å². The summed E-state index contributed by atoms with van der Waals surface area (Å²) in [6.07, 6.45) is 2.83. The van der Waals surface area contributed by atoms with Crippen LogP contribution in [0, 0.1) is 5.92 Å². The summed E-state index contributed by atoms with van der Waals surface area (Å²) in [5.41, 5.74) is 3.99. The number of halogens is 1. The number of benzene rings is 2. The molecule has 1 aliphatic heterocycles. The van der Waals surface area contributed by atoms with Crippen molar-refractivity contribution in [3.63, 3.8) is 0 Å². The van der Waals surface area contributed by atoms with Crippen molar-refractivity contribution in [3.8, 4) is 5.75 Å². The molecule has 33 heavy (non-hydrogen) atoms. The maximum Gasteiger partial charge on any atom is 0.222 e. The van der Waals surface area contributed by atoms with Gasteiger partial charge in [0.25, 0.3) is 0 Å². The van der Waals surface area contributed by atoms with Crippen molar-refractivity contribution in [2.24, 2.45) is 5.92 Å². The topological polar surface area (TPSA) is 50.8 Å². The monoisotopic (exact) mass is 454 g/mol. The van der Waals surface area contributed by atoms with Gasteiger partial charge < -0.3 is 14.8 Å². The summed E-state index contributed by atoms with van der Waals surface area (Å²) in [6.45, 7) is 6.26. The van der Waals surface area contributed by atoms with Gasteiger partial charge in [-0.2, -0.15) is 0 Å². The van der Waals surface area contributed by atoms with Crippen LogP contribution in [0.5, 0.6) is 5.75 Å². The van der Waals surface area contributed by atoms with Crippen LogP contribution >= 0.6 is 0 Å². The molecule has 0 aromatic heterocycles. The number of ether oxygens (including phenoxy) is 2. The minimum absolute atomic E-state index is 0.00255. The van der Waals surface area contributed by atoms with Gasteiger partial charge in [0.05, 0.1) is 13.2 Å². The summed E-state index contributed by atoms with van der Waals surface area (Å²) >= 11 is 0. The smallest absolute Gasteiger partial charge is 0.222 e. The first-order valence-electron chi connectivity index (χ1n) is 12.1. The fraction of sp³-hybridized carbons (Fsp3) is 0.519. The molecule has 1 heterocycles. The zero-order chi connectivity index (χ0) is 23.0. The highest BCUT2D eigenvalue weighted by molar-refractivity contribution is 5.75. The van der Waals surface area contributed by atoms with Gasteiger partial charge in [0.2, 0.25) is 5.91 Å². The Kier molecular flexibility index (Phi) is 8.35. The Labute approximate surface area is 196 Å². The number of carbonyl (C=O) groups is 1. The third-order valence-corrected chi connectivity index (χ3v) is 6.19. The minimum atomic E-state index is -1.01. The highest BCUT2D eigenvalue weighted by atomic mass is 19.1. The number of hydrogen-bond donors (Lipinski definition) is 1. The van der Waals surface area contributed by atoms with Crippen LogP contribution in [0.2, 0.25) is 0 Å². The van der Waals surface area contributed by atoms with Crippen LogP contribution in [0.15, 0.2) is 42.5 Å². The lowest BCUT2D eigenvalue weighted by molar-refractivity contribution is -0.122. The Morgan fingerprint density at radius 2 is 1.91 bits per heavy atom. The van der Waals surface area contributed by atoms with E-state index in [-0.39, 0.29) is 5.91 Å². The van der Waals surface area contributed by atoms with Crippen LogP contribution < -0.4 is 10.1 Å². The molecule has 2 aromatic carbocycles. The number of carbonyl (C=O) groups excluding carboxylic acids is 1. The van der Waals surface area contributed by atoms with Gasteiger partial charge in [-0.05, 0) is 59.6 Å². The molecular formula is C27H35FN2O3. The van der Waals surface area contributed by atoms with Crippen molar-refractivity contribution in [2.75, 3.05) is 26.4 Å². The Bertz CT molecular complexity index is 914. The summed E-state index contributed by atoms with van der Waals surface area (Å²) < 4.78 is 26.1. The van der Waals surface area contributed by atoms with Crippen molar-refractivity contribution >= 4 is 5.91 Å². The highest BCUT2D eigenvalue weighted by Gasteiger charge is 2.26. The molecule has 1 N–H and O–H groups in total. The summed E-state index contributed by atoms with van der Waals surface area (Å²) in [5.74, 6) is 1.47. The van der Waals surface area contributed by atoms with Gasteiger partial charge in [-0.25, -0.2) is 4.39 Å². The maximum atomic E-state index is 14.9. The van der Waals surface area contributed by atoms with E-state index in [0.717, 1.165) is 47.6 Å². The summed E-state index contributed by atoms with van der Waals surface area (Å²) in [7, 11) is 0. The third kappa shape index (κ3) is 7.27. The van der Waals surface area contributed by atoms with Gasteiger partial charge in [-0.15, -0.1) is 0 Å². The fourth-order valence-electron chi connectivity index (χ4n) is 4.07. The second-order valence-corrected chi connectivity index (χ2v) is 9.21. The van der Waals surface area contributed by atoms with Crippen molar-refractivity contribution in [1.29, 1.82) is 0 Å². The SMILES string of the molecule is CCCOCCC(=O)NCc1ccc(CN2Cc3ccc(OCC4CC4)cc3C(F)C2)cc1. The van der Waals surface area contributed by atoms with E-state index in [2.05, 4.69) is 22.3 Å². The number of alkyl halides is 1. The van der Waals surface area contributed by atoms with Crippen LogP contribution in [0.4, 0.5) is 4.39 Å². The molecule has 2 aromatic rings. The Hall–Kier alpha value is -2.44. The Morgan fingerprint density at radius 1 is 1.12 bits per heavy atom. The molecule has 4 rings (SSSR count). The van der Waals surface area contributed by atoms with E-state index in [0.29, 0.717) is 45.2 Å². The molecule has 5 nitrogen and oxygen atoms in total. The summed E-state index contributed by atoms with van der Waals surface area (Å²) in [5, 5.41) is 2.93. The molecule has 1 atom stereocenters. The number of rotatable bonds is 12. The molecule has 0 radical (unpaired) electrons. The van der Waals surface area contributed by atoms with Gasteiger partial charge in [-0.1, -0.05) is 37.3 Å². The molecule has 1 aliphatic carbocycles. The molecule has 1 saturated carbocycles. The molecule has 2 aliphatic rings. The Balaban J connectivity index is 1.24. The van der Waals surface area contributed by atoms with Crippen LogP contribution in [0.25, 0.3) is 0 Å². The highest BCUT2D eigenvalue weighted by Crippen LogP contribution is 2.34. The van der Waals surface area contributed by atoms with E-state index >= 15 is 0 Å². The number of amides is 1. The maximum absolute atomic E-state index is 14.9. The van der Waals surface area contributed by atoms with E-state index in [1.165, 1.54) is 12.8 Å². The minimum Gasteiger partial charge on any atom is -0.493 e. The zero-order valence-corrected chi connectivity index (χ0v) is 19.5. The average molecular weight is 455 g/mol. The lowest BCUT2D eigenvalue weighted by Crippen LogP contribution is -2.31. The zero-order valence-electron chi connectivity index (χ0n) is 19.5. The molecule has 1 fully saturated rings. The van der Waals surface area contributed by atoms with Crippen LogP contribution in [-0.4, -0.2) is 37.2 Å². The number of nitrogens with one attached hydrogen (secondary N) is 1.